The Kier molecular flexibility index (Phi) is 6.94. The smallest absolute Gasteiger partial charge is 0.147 e. The van der Waals surface area contributed by atoms with Gasteiger partial charge in [-0.15, -0.1) is 0 Å². The van der Waals surface area contributed by atoms with E-state index in [-0.39, 0.29) is 6.10 Å². The lowest BCUT2D eigenvalue weighted by atomic mass is 10.0. The number of nitrogens with one attached hydrogen (secondary N) is 1. The van der Waals surface area contributed by atoms with Crippen molar-refractivity contribution in [2.45, 2.75) is 25.5 Å². The molecule has 1 aliphatic rings. The topological polar surface area (TPSA) is 61.2 Å². The molecule has 1 aromatic heterocycles. The van der Waals surface area contributed by atoms with Crippen LogP contribution < -0.4 is 15.0 Å². The fourth-order valence-electron chi connectivity index (χ4n) is 4.45. The molecule has 0 saturated carbocycles. The Balaban J connectivity index is 1.39. The van der Waals surface area contributed by atoms with Crippen molar-refractivity contribution in [1.82, 2.24) is 4.98 Å². The molecule has 1 N–H and O–H groups in total. The van der Waals surface area contributed by atoms with E-state index in [1.54, 1.807) is 0 Å². The Bertz CT molecular complexity index is 1360. The van der Waals surface area contributed by atoms with Crippen LogP contribution in [0.4, 0.5) is 11.5 Å². The Labute approximate surface area is 214 Å². The van der Waals surface area contributed by atoms with E-state index in [1.165, 1.54) is 0 Å². The number of hydrogen-bond donors (Lipinski definition) is 1. The van der Waals surface area contributed by atoms with Gasteiger partial charge in [-0.25, -0.2) is 4.98 Å². The van der Waals surface area contributed by atoms with Gasteiger partial charge >= 0.3 is 0 Å². The van der Waals surface area contributed by atoms with Crippen LogP contribution in [-0.2, 0) is 6.54 Å². The highest BCUT2D eigenvalue weighted by Crippen LogP contribution is 2.36. The quantitative estimate of drug-likeness (QED) is 0.305. The van der Waals surface area contributed by atoms with Crippen molar-refractivity contribution in [1.29, 1.82) is 5.26 Å². The summed E-state index contributed by atoms with van der Waals surface area (Å²) in [7, 11) is 0. The summed E-state index contributed by atoms with van der Waals surface area (Å²) in [6, 6.07) is 25.6. The van der Waals surface area contributed by atoms with Crippen molar-refractivity contribution in [3.05, 3.63) is 94.0 Å². The number of ether oxygens (including phenoxy) is 1. The summed E-state index contributed by atoms with van der Waals surface area (Å²) in [6.45, 7) is 2.13. The zero-order valence-corrected chi connectivity index (χ0v) is 20.6. The normalized spacial score (nSPS) is 14.0. The van der Waals surface area contributed by atoms with Gasteiger partial charge in [0.1, 0.15) is 29.3 Å². The van der Waals surface area contributed by atoms with Gasteiger partial charge in [0.2, 0.25) is 0 Å². The maximum atomic E-state index is 10.2. The van der Waals surface area contributed by atoms with E-state index in [9.17, 15) is 5.26 Å². The summed E-state index contributed by atoms with van der Waals surface area (Å²) >= 11 is 12.0. The van der Waals surface area contributed by atoms with Crippen LogP contribution in [0.3, 0.4) is 0 Å². The Hall–Kier alpha value is -3.46. The van der Waals surface area contributed by atoms with Gasteiger partial charge in [0.25, 0.3) is 0 Å². The maximum Gasteiger partial charge on any atom is 0.147 e. The van der Waals surface area contributed by atoms with Crippen LogP contribution in [0.15, 0.2) is 72.8 Å². The molecule has 5 rings (SSSR count). The molecular formula is C28H24Cl2N4O. The van der Waals surface area contributed by atoms with E-state index in [4.69, 9.17) is 32.9 Å². The molecular weight excluding hydrogens is 479 g/mol. The fraction of sp³-hybridized carbons (Fsp3) is 0.214. The summed E-state index contributed by atoms with van der Waals surface area (Å²) in [5, 5.41) is 15.9. The van der Waals surface area contributed by atoms with Crippen LogP contribution in [0.1, 0.15) is 24.0 Å². The minimum Gasteiger partial charge on any atom is -0.490 e. The van der Waals surface area contributed by atoms with Gasteiger partial charge in [0.15, 0.2) is 0 Å². The molecule has 3 aromatic carbocycles. The second kappa shape index (κ2) is 10.4. The summed E-state index contributed by atoms with van der Waals surface area (Å²) in [6.07, 6.45) is 1.84. The molecule has 1 fully saturated rings. The number of para-hydroxylation sites is 1. The highest BCUT2D eigenvalue weighted by Gasteiger charge is 2.26. The molecule has 0 aliphatic carbocycles. The summed E-state index contributed by atoms with van der Waals surface area (Å²) in [5.41, 5.74) is 3.42. The predicted molar refractivity (Wildman–Crippen MR) is 143 cm³/mol. The number of benzene rings is 3. The first-order chi connectivity index (χ1) is 17.1. The number of rotatable bonds is 6. The van der Waals surface area contributed by atoms with Crippen LogP contribution in [-0.4, -0.2) is 24.2 Å². The second-order valence-electron chi connectivity index (χ2n) is 8.55. The number of hydrogen-bond acceptors (Lipinski definition) is 5. The van der Waals surface area contributed by atoms with Gasteiger partial charge in [-0.05, 0) is 48.0 Å². The lowest BCUT2D eigenvalue weighted by molar-refractivity contribution is 0.171. The average Bonchev–Trinajstić information content (AvgIpc) is 2.89. The first kappa shape index (κ1) is 23.3. The highest BCUT2D eigenvalue weighted by atomic mass is 35.5. The first-order valence-electron chi connectivity index (χ1n) is 11.6. The van der Waals surface area contributed by atoms with Gasteiger partial charge in [0.05, 0.1) is 11.2 Å². The molecule has 2 heterocycles. The standard InChI is InChI=1S/C28H24Cl2N4O/c29-20-7-5-19(6-8-20)18-32-28-25(17-31)27(24-3-1-2-4-26(24)33-28)34-15-13-23(14-16-34)35-22-11-9-21(30)10-12-22/h1-12,23H,13-16,18H2,(H,32,33). The maximum absolute atomic E-state index is 10.2. The van der Waals surface area contributed by atoms with Crippen molar-refractivity contribution in [2.24, 2.45) is 0 Å². The third-order valence-corrected chi connectivity index (χ3v) is 6.73. The number of fused-ring (bicyclic) bond motifs is 1. The Morgan fingerprint density at radius 3 is 2.29 bits per heavy atom. The molecule has 0 bridgehead atoms. The van der Waals surface area contributed by atoms with E-state index < -0.39 is 0 Å². The largest absolute Gasteiger partial charge is 0.490 e. The van der Waals surface area contributed by atoms with Gasteiger partial charge in [-0.3, -0.25) is 0 Å². The van der Waals surface area contributed by atoms with E-state index in [0.717, 1.165) is 53.8 Å². The SMILES string of the molecule is N#Cc1c(NCc2ccc(Cl)cc2)nc2ccccc2c1N1CCC(Oc2ccc(Cl)cc2)CC1. The lowest BCUT2D eigenvalue weighted by Crippen LogP contribution is -2.38. The van der Waals surface area contributed by atoms with Crippen LogP contribution in [0.25, 0.3) is 10.9 Å². The molecule has 0 unspecified atom stereocenters. The molecule has 7 heteroatoms. The van der Waals surface area contributed by atoms with Crippen molar-refractivity contribution < 1.29 is 4.74 Å². The van der Waals surface area contributed by atoms with E-state index in [2.05, 4.69) is 16.3 Å². The second-order valence-corrected chi connectivity index (χ2v) is 9.42. The van der Waals surface area contributed by atoms with Crippen LogP contribution >= 0.6 is 23.2 Å². The minimum atomic E-state index is 0.119. The predicted octanol–water partition coefficient (Wildman–Crippen LogP) is 7.07. The number of nitriles is 1. The summed E-state index contributed by atoms with van der Waals surface area (Å²) < 4.78 is 6.17. The lowest BCUT2D eigenvalue weighted by Gasteiger charge is -2.35. The number of halogens is 2. The third-order valence-electron chi connectivity index (χ3n) is 6.22. The van der Waals surface area contributed by atoms with Crippen LogP contribution in [0, 0.1) is 11.3 Å². The number of nitrogens with zero attached hydrogens (tertiary/aromatic N) is 3. The molecule has 5 nitrogen and oxygen atoms in total. The molecule has 4 aromatic rings. The molecule has 0 amide bonds. The monoisotopic (exact) mass is 502 g/mol. The van der Waals surface area contributed by atoms with Crippen LogP contribution in [0.2, 0.25) is 10.0 Å². The van der Waals surface area contributed by atoms with Crippen molar-refractivity contribution in [2.75, 3.05) is 23.3 Å². The van der Waals surface area contributed by atoms with Gasteiger partial charge in [-0.2, -0.15) is 5.26 Å². The zero-order valence-electron chi connectivity index (χ0n) is 19.0. The molecule has 1 saturated heterocycles. The fourth-order valence-corrected chi connectivity index (χ4v) is 4.70. The van der Waals surface area contributed by atoms with Gasteiger partial charge in [0, 0.05) is 47.9 Å². The van der Waals surface area contributed by atoms with E-state index in [0.29, 0.717) is 28.0 Å². The molecule has 35 heavy (non-hydrogen) atoms. The van der Waals surface area contributed by atoms with E-state index in [1.807, 2.05) is 72.8 Å². The summed E-state index contributed by atoms with van der Waals surface area (Å²) in [4.78, 5) is 7.08. The number of anilines is 2. The molecule has 0 spiro atoms. The Morgan fingerprint density at radius 2 is 1.60 bits per heavy atom. The average molecular weight is 503 g/mol. The van der Waals surface area contributed by atoms with Crippen molar-refractivity contribution in [3.8, 4) is 11.8 Å². The van der Waals surface area contributed by atoms with Crippen molar-refractivity contribution in [3.63, 3.8) is 0 Å². The Morgan fingerprint density at radius 1 is 0.943 bits per heavy atom. The molecule has 176 valence electrons. The van der Waals surface area contributed by atoms with E-state index >= 15 is 0 Å². The van der Waals surface area contributed by atoms with Crippen molar-refractivity contribution >= 4 is 45.6 Å². The zero-order chi connectivity index (χ0) is 24.2. The summed E-state index contributed by atoms with van der Waals surface area (Å²) in [5.74, 6) is 1.42. The number of aromatic nitrogens is 1. The van der Waals surface area contributed by atoms with Gasteiger partial charge < -0.3 is 15.0 Å². The molecule has 0 radical (unpaired) electrons. The minimum absolute atomic E-state index is 0.119. The van der Waals surface area contributed by atoms with Crippen LogP contribution in [0.5, 0.6) is 5.75 Å². The highest BCUT2D eigenvalue weighted by molar-refractivity contribution is 6.30. The third kappa shape index (κ3) is 5.30. The number of piperidine rings is 1. The van der Waals surface area contributed by atoms with Gasteiger partial charge in [-0.1, -0.05) is 53.5 Å². The number of pyridine rings is 1. The first-order valence-corrected chi connectivity index (χ1v) is 12.3. The molecule has 1 aliphatic heterocycles. The molecule has 0 atom stereocenters.